The molecule has 1 aromatic carbocycles. The summed E-state index contributed by atoms with van der Waals surface area (Å²) in [5, 5.41) is 5.78. The third kappa shape index (κ3) is 6.01. The predicted molar refractivity (Wildman–Crippen MR) is 96.3 cm³/mol. The molecule has 0 saturated heterocycles. The zero-order valence-corrected chi connectivity index (χ0v) is 15.6. The first-order valence-corrected chi connectivity index (χ1v) is 9.53. The number of amides is 2. The molecule has 6 heteroatoms. The van der Waals surface area contributed by atoms with E-state index in [4.69, 9.17) is 0 Å². The topological polar surface area (TPSA) is 58.2 Å². The fourth-order valence-corrected chi connectivity index (χ4v) is 2.77. The zero-order valence-electron chi connectivity index (χ0n) is 13.2. The Morgan fingerprint density at radius 1 is 1.27 bits per heavy atom. The first-order valence-electron chi connectivity index (χ1n) is 7.34. The first kappa shape index (κ1) is 19.0. The number of hydrogen-bond donors (Lipinski definition) is 2. The van der Waals surface area contributed by atoms with E-state index in [0.717, 1.165) is 16.6 Å². The van der Waals surface area contributed by atoms with Gasteiger partial charge in [0.1, 0.15) is 6.04 Å². The van der Waals surface area contributed by atoms with Gasteiger partial charge in [0.05, 0.1) is 5.56 Å². The summed E-state index contributed by atoms with van der Waals surface area (Å²) in [7, 11) is 0. The Balaban J connectivity index is 2.78. The standard InChI is InChI=1S/C16H23BrN2O2S/c1-4-11(2)18-16(21)14(9-10-22-3)19-15(20)12-7-5-6-8-13(12)17/h5-8,11,14H,4,9-10H2,1-3H3,(H,18,21)(H,19,20). The highest BCUT2D eigenvalue weighted by molar-refractivity contribution is 9.10. The number of rotatable bonds is 8. The van der Waals surface area contributed by atoms with Crippen LogP contribution in [-0.2, 0) is 4.79 Å². The van der Waals surface area contributed by atoms with E-state index in [-0.39, 0.29) is 17.9 Å². The number of hydrogen-bond acceptors (Lipinski definition) is 3. The second-order valence-corrected chi connectivity index (χ2v) is 6.95. The molecule has 0 spiro atoms. The first-order chi connectivity index (χ1) is 10.5. The van der Waals surface area contributed by atoms with E-state index in [2.05, 4.69) is 26.6 Å². The van der Waals surface area contributed by atoms with Gasteiger partial charge in [0.15, 0.2) is 0 Å². The van der Waals surface area contributed by atoms with Crippen LogP contribution in [0.3, 0.4) is 0 Å². The summed E-state index contributed by atoms with van der Waals surface area (Å²) in [6.45, 7) is 3.97. The molecule has 0 aliphatic heterocycles. The molecule has 0 saturated carbocycles. The Kier molecular flexibility index (Phi) is 8.56. The molecule has 0 aliphatic carbocycles. The van der Waals surface area contributed by atoms with Gasteiger partial charge in [0, 0.05) is 10.5 Å². The number of nitrogens with one attached hydrogen (secondary N) is 2. The number of thioether (sulfide) groups is 1. The van der Waals surface area contributed by atoms with Crippen LogP contribution in [0.25, 0.3) is 0 Å². The lowest BCUT2D eigenvalue weighted by molar-refractivity contribution is -0.123. The van der Waals surface area contributed by atoms with E-state index < -0.39 is 6.04 Å². The molecule has 0 fully saturated rings. The van der Waals surface area contributed by atoms with Gasteiger partial charge in [0.25, 0.3) is 5.91 Å². The van der Waals surface area contributed by atoms with Crippen LogP contribution in [0.4, 0.5) is 0 Å². The zero-order chi connectivity index (χ0) is 16.5. The average Bonchev–Trinajstić information content (AvgIpc) is 2.51. The van der Waals surface area contributed by atoms with E-state index in [1.54, 1.807) is 23.9 Å². The highest BCUT2D eigenvalue weighted by Gasteiger charge is 2.22. The smallest absolute Gasteiger partial charge is 0.253 e. The minimum Gasteiger partial charge on any atom is -0.352 e. The van der Waals surface area contributed by atoms with Gasteiger partial charge < -0.3 is 10.6 Å². The minimum atomic E-state index is -0.513. The van der Waals surface area contributed by atoms with Crippen molar-refractivity contribution in [3.8, 4) is 0 Å². The van der Waals surface area contributed by atoms with Crippen LogP contribution in [0.1, 0.15) is 37.0 Å². The van der Waals surface area contributed by atoms with Crippen LogP contribution in [0.15, 0.2) is 28.7 Å². The summed E-state index contributed by atoms with van der Waals surface area (Å²) < 4.78 is 0.721. The Morgan fingerprint density at radius 2 is 1.95 bits per heavy atom. The maximum atomic E-state index is 12.4. The van der Waals surface area contributed by atoms with Crippen LogP contribution >= 0.6 is 27.7 Å². The minimum absolute atomic E-state index is 0.102. The van der Waals surface area contributed by atoms with Gasteiger partial charge >= 0.3 is 0 Å². The van der Waals surface area contributed by atoms with Gasteiger partial charge in [0.2, 0.25) is 5.91 Å². The largest absolute Gasteiger partial charge is 0.352 e. The highest BCUT2D eigenvalue weighted by atomic mass is 79.9. The van der Waals surface area contributed by atoms with Crippen molar-refractivity contribution in [3.63, 3.8) is 0 Å². The Labute approximate surface area is 144 Å². The van der Waals surface area contributed by atoms with E-state index in [9.17, 15) is 9.59 Å². The van der Waals surface area contributed by atoms with Crippen molar-refractivity contribution in [1.29, 1.82) is 0 Å². The monoisotopic (exact) mass is 386 g/mol. The lowest BCUT2D eigenvalue weighted by Gasteiger charge is -2.21. The Hall–Kier alpha value is -1.01. The maximum Gasteiger partial charge on any atom is 0.253 e. The van der Waals surface area contributed by atoms with Gasteiger partial charge in [-0.2, -0.15) is 11.8 Å². The molecule has 4 nitrogen and oxygen atoms in total. The van der Waals surface area contributed by atoms with Gasteiger partial charge in [-0.1, -0.05) is 19.1 Å². The molecule has 2 N–H and O–H groups in total. The van der Waals surface area contributed by atoms with Crippen LogP contribution in [0, 0.1) is 0 Å². The normalized spacial score (nSPS) is 13.3. The summed E-state index contributed by atoms with van der Waals surface area (Å²) in [4.78, 5) is 24.7. The van der Waals surface area contributed by atoms with Crippen molar-refractivity contribution in [2.24, 2.45) is 0 Å². The van der Waals surface area contributed by atoms with Crippen LogP contribution in [-0.4, -0.2) is 35.9 Å². The fraction of sp³-hybridized carbons (Fsp3) is 0.500. The molecule has 0 aromatic heterocycles. The van der Waals surface area contributed by atoms with Crippen LogP contribution < -0.4 is 10.6 Å². The second kappa shape index (κ2) is 9.90. The van der Waals surface area contributed by atoms with Crippen molar-refractivity contribution in [2.45, 2.75) is 38.8 Å². The van der Waals surface area contributed by atoms with Gasteiger partial charge in [-0.25, -0.2) is 0 Å². The third-order valence-electron chi connectivity index (χ3n) is 3.35. The summed E-state index contributed by atoms with van der Waals surface area (Å²) in [6.07, 6.45) is 3.46. The predicted octanol–water partition coefficient (Wildman–Crippen LogP) is 3.22. The lowest BCUT2D eigenvalue weighted by Crippen LogP contribution is -2.49. The summed E-state index contributed by atoms with van der Waals surface area (Å²) >= 11 is 5.02. The molecule has 0 heterocycles. The molecule has 122 valence electrons. The molecule has 1 rings (SSSR count). The van der Waals surface area contributed by atoms with Crippen molar-refractivity contribution in [3.05, 3.63) is 34.3 Å². The molecule has 1 aromatic rings. The number of carbonyl (C=O) groups is 2. The summed E-state index contributed by atoms with van der Waals surface area (Å²) in [5.74, 6) is 0.455. The third-order valence-corrected chi connectivity index (χ3v) is 4.69. The number of benzene rings is 1. The number of halogens is 1. The fourth-order valence-electron chi connectivity index (χ4n) is 1.83. The molecule has 2 atom stereocenters. The molecule has 2 amide bonds. The molecule has 2 unspecified atom stereocenters. The van der Waals surface area contributed by atoms with E-state index in [0.29, 0.717) is 12.0 Å². The molecular formula is C16H23BrN2O2S. The van der Waals surface area contributed by atoms with Crippen molar-refractivity contribution >= 4 is 39.5 Å². The molecule has 0 radical (unpaired) electrons. The average molecular weight is 387 g/mol. The molecule has 22 heavy (non-hydrogen) atoms. The summed E-state index contributed by atoms with van der Waals surface area (Å²) in [5.41, 5.74) is 0.535. The Bertz CT molecular complexity index is 511. The van der Waals surface area contributed by atoms with E-state index >= 15 is 0 Å². The van der Waals surface area contributed by atoms with Crippen molar-refractivity contribution in [2.75, 3.05) is 12.0 Å². The quantitative estimate of drug-likeness (QED) is 0.720. The van der Waals surface area contributed by atoms with E-state index in [1.165, 1.54) is 0 Å². The van der Waals surface area contributed by atoms with Gasteiger partial charge in [-0.3, -0.25) is 9.59 Å². The maximum absolute atomic E-state index is 12.4. The molecular weight excluding hydrogens is 364 g/mol. The van der Waals surface area contributed by atoms with Gasteiger partial charge in [-0.15, -0.1) is 0 Å². The van der Waals surface area contributed by atoms with Crippen LogP contribution in [0.2, 0.25) is 0 Å². The lowest BCUT2D eigenvalue weighted by atomic mass is 10.1. The number of carbonyl (C=O) groups excluding carboxylic acids is 2. The van der Waals surface area contributed by atoms with E-state index in [1.807, 2.05) is 32.2 Å². The summed E-state index contributed by atoms with van der Waals surface area (Å²) in [6, 6.07) is 6.78. The molecule has 0 bridgehead atoms. The highest BCUT2D eigenvalue weighted by Crippen LogP contribution is 2.16. The second-order valence-electron chi connectivity index (χ2n) is 5.11. The van der Waals surface area contributed by atoms with Crippen molar-refractivity contribution in [1.82, 2.24) is 10.6 Å². The SMILES string of the molecule is CCC(C)NC(=O)C(CCSC)NC(=O)c1ccccc1Br. The molecule has 0 aliphatic rings. The van der Waals surface area contributed by atoms with Gasteiger partial charge in [-0.05, 0) is 59.8 Å². The van der Waals surface area contributed by atoms with Crippen LogP contribution in [0.5, 0.6) is 0 Å². The van der Waals surface area contributed by atoms with Crippen molar-refractivity contribution < 1.29 is 9.59 Å². The Morgan fingerprint density at radius 3 is 2.55 bits per heavy atom.